The fraction of sp³-hybridized carbons (Fsp3) is 0.533. The molecule has 1 aliphatic heterocycles. The Morgan fingerprint density at radius 3 is 2.79 bits per heavy atom. The smallest absolute Gasteiger partial charge is 0.136 e. The summed E-state index contributed by atoms with van der Waals surface area (Å²) in [7, 11) is 1.58. The zero-order valence-corrected chi connectivity index (χ0v) is 11.7. The van der Waals surface area contributed by atoms with Crippen molar-refractivity contribution >= 4 is 5.78 Å². The van der Waals surface area contributed by atoms with Crippen LogP contribution in [0.4, 0.5) is 4.39 Å². The van der Waals surface area contributed by atoms with Gasteiger partial charge in [0.15, 0.2) is 0 Å². The molecule has 0 amide bonds. The van der Waals surface area contributed by atoms with E-state index in [0.717, 1.165) is 5.56 Å². The summed E-state index contributed by atoms with van der Waals surface area (Å²) < 4.78 is 18.6. The molecule has 2 rings (SSSR count). The van der Waals surface area contributed by atoms with E-state index in [-0.39, 0.29) is 11.4 Å². The summed E-state index contributed by atoms with van der Waals surface area (Å²) in [5, 5.41) is 0. The van der Waals surface area contributed by atoms with Crippen molar-refractivity contribution in [3.63, 3.8) is 0 Å². The van der Waals surface area contributed by atoms with Crippen LogP contribution in [0.1, 0.15) is 32.3 Å². The molecule has 1 saturated heterocycles. The second-order valence-corrected chi connectivity index (χ2v) is 5.66. The molecule has 0 radical (unpaired) electrons. The second kappa shape index (κ2) is 5.29. The lowest BCUT2D eigenvalue weighted by atomic mass is 9.89. The van der Waals surface area contributed by atoms with E-state index in [1.807, 2.05) is 0 Å². The van der Waals surface area contributed by atoms with Gasteiger partial charge in [-0.3, -0.25) is 9.69 Å². The standard InChI is InChI=1S/C15H20FNO2/c1-15(2)9-13(18)6-7-17(15)10-11-8-12(16)4-5-14(11)19-3/h4-5,8H,6-7,9-10H2,1-3H3. The van der Waals surface area contributed by atoms with Gasteiger partial charge in [-0.1, -0.05) is 0 Å². The van der Waals surface area contributed by atoms with Crippen LogP contribution in [0.3, 0.4) is 0 Å². The topological polar surface area (TPSA) is 29.5 Å². The normalized spacial score (nSPS) is 19.5. The number of benzene rings is 1. The van der Waals surface area contributed by atoms with Gasteiger partial charge in [0.05, 0.1) is 7.11 Å². The fourth-order valence-corrected chi connectivity index (χ4v) is 2.61. The quantitative estimate of drug-likeness (QED) is 0.841. The number of carbonyl (C=O) groups is 1. The Balaban J connectivity index is 2.21. The molecular weight excluding hydrogens is 245 g/mol. The van der Waals surface area contributed by atoms with Crippen molar-refractivity contribution in [1.29, 1.82) is 0 Å². The Labute approximate surface area is 113 Å². The molecule has 1 aliphatic rings. The summed E-state index contributed by atoms with van der Waals surface area (Å²) >= 11 is 0. The third-order valence-electron chi connectivity index (χ3n) is 3.75. The first-order valence-corrected chi connectivity index (χ1v) is 6.51. The summed E-state index contributed by atoms with van der Waals surface area (Å²) in [6, 6.07) is 4.55. The average molecular weight is 265 g/mol. The Morgan fingerprint density at radius 2 is 2.16 bits per heavy atom. The second-order valence-electron chi connectivity index (χ2n) is 5.66. The predicted molar refractivity (Wildman–Crippen MR) is 71.7 cm³/mol. The number of nitrogens with zero attached hydrogens (tertiary/aromatic N) is 1. The fourth-order valence-electron chi connectivity index (χ4n) is 2.61. The van der Waals surface area contributed by atoms with Crippen LogP contribution < -0.4 is 4.74 Å². The van der Waals surface area contributed by atoms with Gasteiger partial charge in [0.1, 0.15) is 17.3 Å². The molecule has 0 saturated carbocycles. The van der Waals surface area contributed by atoms with Crippen LogP contribution in [0.15, 0.2) is 18.2 Å². The largest absolute Gasteiger partial charge is 0.496 e. The number of halogens is 1. The summed E-state index contributed by atoms with van der Waals surface area (Å²) in [6.45, 7) is 5.42. The molecule has 3 nitrogen and oxygen atoms in total. The van der Waals surface area contributed by atoms with Crippen molar-refractivity contribution in [2.75, 3.05) is 13.7 Å². The van der Waals surface area contributed by atoms with E-state index in [9.17, 15) is 9.18 Å². The van der Waals surface area contributed by atoms with Gasteiger partial charge in [-0.15, -0.1) is 0 Å². The Morgan fingerprint density at radius 1 is 1.42 bits per heavy atom. The lowest BCUT2D eigenvalue weighted by molar-refractivity contribution is -0.125. The van der Waals surface area contributed by atoms with E-state index < -0.39 is 0 Å². The zero-order valence-electron chi connectivity index (χ0n) is 11.7. The van der Waals surface area contributed by atoms with Gasteiger partial charge in [0, 0.05) is 37.0 Å². The lowest BCUT2D eigenvalue weighted by Gasteiger charge is -2.41. The molecule has 0 unspecified atom stereocenters. The molecule has 104 valence electrons. The summed E-state index contributed by atoms with van der Waals surface area (Å²) in [6.07, 6.45) is 1.12. The highest BCUT2D eigenvalue weighted by Crippen LogP contribution is 2.29. The molecule has 19 heavy (non-hydrogen) atoms. The van der Waals surface area contributed by atoms with Gasteiger partial charge in [0.25, 0.3) is 0 Å². The van der Waals surface area contributed by atoms with Gasteiger partial charge in [0.2, 0.25) is 0 Å². The van der Waals surface area contributed by atoms with Gasteiger partial charge in [-0.2, -0.15) is 0 Å². The maximum Gasteiger partial charge on any atom is 0.136 e. The van der Waals surface area contributed by atoms with Crippen molar-refractivity contribution in [1.82, 2.24) is 4.90 Å². The number of rotatable bonds is 3. The highest BCUT2D eigenvalue weighted by atomic mass is 19.1. The molecule has 0 N–H and O–H groups in total. The van der Waals surface area contributed by atoms with Gasteiger partial charge in [-0.25, -0.2) is 4.39 Å². The first-order valence-electron chi connectivity index (χ1n) is 6.51. The van der Waals surface area contributed by atoms with Gasteiger partial charge in [-0.05, 0) is 32.0 Å². The monoisotopic (exact) mass is 265 g/mol. The molecule has 0 spiro atoms. The molecule has 0 atom stereocenters. The molecular formula is C15H20FNO2. The first-order chi connectivity index (χ1) is 8.92. The Bertz CT molecular complexity index is 485. The number of piperidine rings is 1. The van der Waals surface area contributed by atoms with Crippen LogP contribution in [-0.2, 0) is 11.3 Å². The van der Waals surface area contributed by atoms with E-state index in [0.29, 0.717) is 37.5 Å². The van der Waals surface area contributed by atoms with E-state index in [2.05, 4.69) is 18.7 Å². The van der Waals surface area contributed by atoms with Crippen LogP contribution in [0.5, 0.6) is 5.75 Å². The zero-order chi connectivity index (χ0) is 14.0. The Hall–Kier alpha value is -1.42. The first kappa shape index (κ1) is 14.0. The number of likely N-dealkylation sites (tertiary alicyclic amines) is 1. The van der Waals surface area contributed by atoms with Crippen LogP contribution in [0, 0.1) is 5.82 Å². The van der Waals surface area contributed by atoms with Crippen molar-refractivity contribution < 1.29 is 13.9 Å². The maximum absolute atomic E-state index is 13.4. The molecule has 1 aromatic carbocycles. The lowest BCUT2D eigenvalue weighted by Crippen LogP contribution is -2.49. The van der Waals surface area contributed by atoms with Crippen LogP contribution in [0.25, 0.3) is 0 Å². The third-order valence-corrected chi connectivity index (χ3v) is 3.75. The number of ketones is 1. The summed E-state index contributed by atoms with van der Waals surface area (Å²) in [5.74, 6) is 0.725. The number of hydrogen-bond acceptors (Lipinski definition) is 3. The highest BCUT2D eigenvalue weighted by molar-refractivity contribution is 5.80. The maximum atomic E-state index is 13.4. The van der Waals surface area contributed by atoms with E-state index in [1.165, 1.54) is 12.1 Å². The van der Waals surface area contributed by atoms with E-state index in [4.69, 9.17) is 4.74 Å². The molecule has 4 heteroatoms. The van der Waals surface area contributed by atoms with E-state index >= 15 is 0 Å². The van der Waals surface area contributed by atoms with Crippen LogP contribution in [0.2, 0.25) is 0 Å². The van der Waals surface area contributed by atoms with Crippen LogP contribution in [-0.4, -0.2) is 29.9 Å². The average Bonchev–Trinajstić information content (AvgIpc) is 2.32. The van der Waals surface area contributed by atoms with Gasteiger partial charge >= 0.3 is 0 Å². The molecule has 0 aromatic heterocycles. The number of methoxy groups -OCH3 is 1. The summed E-state index contributed by atoms with van der Waals surface area (Å²) in [4.78, 5) is 13.8. The summed E-state index contributed by atoms with van der Waals surface area (Å²) in [5.41, 5.74) is 0.636. The number of hydrogen-bond donors (Lipinski definition) is 0. The van der Waals surface area contributed by atoms with E-state index in [1.54, 1.807) is 13.2 Å². The number of ether oxygens (including phenoxy) is 1. The van der Waals surface area contributed by atoms with Crippen LogP contribution >= 0.6 is 0 Å². The Kier molecular flexibility index (Phi) is 3.90. The predicted octanol–water partition coefficient (Wildman–Crippen LogP) is 2.78. The molecule has 1 fully saturated rings. The molecule has 0 bridgehead atoms. The molecule has 1 heterocycles. The molecule has 0 aliphatic carbocycles. The number of Topliss-reactive ketones (excluding diaryl/α,β-unsaturated/α-hetero) is 1. The molecule has 1 aromatic rings. The van der Waals surface area contributed by atoms with Crippen molar-refractivity contribution in [3.8, 4) is 5.75 Å². The third kappa shape index (κ3) is 3.13. The highest BCUT2D eigenvalue weighted by Gasteiger charge is 2.34. The van der Waals surface area contributed by atoms with Crippen molar-refractivity contribution in [2.24, 2.45) is 0 Å². The SMILES string of the molecule is COc1ccc(F)cc1CN1CCC(=O)CC1(C)C. The van der Waals surface area contributed by atoms with Crippen molar-refractivity contribution in [2.45, 2.75) is 38.8 Å². The number of carbonyl (C=O) groups excluding carboxylic acids is 1. The minimum Gasteiger partial charge on any atom is -0.496 e. The minimum absolute atomic E-state index is 0.188. The van der Waals surface area contributed by atoms with Gasteiger partial charge < -0.3 is 4.74 Å². The minimum atomic E-state index is -0.262. The van der Waals surface area contributed by atoms with Crippen molar-refractivity contribution in [3.05, 3.63) is 29.6 Å².